The molecule has 0 aliphatic carbocycles. The van der Waals surface area contributed by atoms with Gasteiger partial charge in [0.05, 0.1) is 16.8 Å². The molecule has 114 valence electrons. The van der Waals surface area contributed by atoms with E-state index in [2.05, 4.69) is 5.32 Å². The number of nitriles is 1. The van der Waals surface area contributed by atoms with Gasteiger partial charge in [-0.2, -0.15) is 5.26 Å². The molecule has 1 atom stereocenters. The normalized spacial score (nSPS) is 16.0. The van der Waals surface area contributed by atoms with Crippen LogP contribution in [0, 0.1) is 17.1 Å². The minimum Gasteiger partial charge on any atom is -0.448 e. The number of fused-ring (bicyclic) bond motifs is 1. The fraction of sp³-hybridized carbons (Fsp3) is 0.118. The molecule has 2 aromatic rings. The Bertz CT molecular complexity index is 842. The second-order valence-corrected chi connectivity index (χ2v) is 5.05. The first-order valence-electron chi connectivity index (χ1n) is 6.88. The number of nitrogens with one attached hydrogen (secondary N) is 1. The van der Waals surface area contributed by atoms with Crippen molar-refractivity contribution in [3.63, 3.8) is 0 Å². The van der Waals surface area contributed by atoms with Crippen LogP contribution < -0.4 is 5.32 Å². The van der Waals surface area contributed by atoms with E-state index in [1.807, 2.05) is 6.07 Å². The van der Waals surface area contributed by atoms with Gasteiger partial charge in [-0.05, 0) is 35.9 Å². The first-order valence-corrected chi connectivity index (χ1v) is 6.88. The number of para-hydroxylation sites is 1. The van der Waals surface area contributed by atoms with Gasteiger partial charge in [-0.25, -0.2) is 9.18 Å². The standard InChI is InChI=1S/C17H11FN2O3/c18-12-5-6-13-11(7-12)8-15(23-17(13)22)16(21)20-14-4-2-1-3-10(14)9-19/h1-7,15H,8H2,(H,20,21). The number of nitrogens with zero attached hydrogens (tertiary/aromatic N) is 1. The van der Waals surface area contributed by atoms with Crippen LogP contribution in [0.4, 0.5) is 10.1 Å². The Morgan fingerprint density at radius 2 is 2.09 bits per heavy atom. The van der Waals surface area contributed by atoms with Crippen molar-refractivity contribution in [1.29, 1.82) is 5.26 Å². The molecule has 1 amide bonds. The molecule has 3 rings (SSSR count). The van der Waals surface area contributed by atoms with Crippen molar-refractivity contribution < 1.29 is 18.7 Å². The number of benzene rings is 2. The van der Waals surface area contributed by atoms with Crippen molar-refractivity contribution in [2.45, 2.75) is 12.5 Å². The van der Waals surface area contributed by atoms with E-state index >= 15 is 0 Å². The Hall–Kier alpha value is -3.20. The first-order chi connectivity index (χ1) is 11.1. The Balaban J connectivity index is 1.82. The summed E-state index contributed by atoms with van der Waals surface area (Å²) in [5.74, 6) is -1.71. The highest BCUT2D eigenvalue weighted by atomic mass is 19.1. The van der Waals surface area contributed by atoms with Gasteiger partial charge in [0.2, 0.25) is 0 Å². The van der Waals surface area contributed by atoms with Crippen LogP contribution in [0.3, 0.4) is 0 Å². The molecular formula is C17H11FN2O3. The van der Waals surface area contributed by atoms with E-state index in [1.54, 1.807) is 24.3 Å². The van der Waals surface area contributed by atoms with Crippen LogP contribution in [-0.4, -0.2) is 18.0 Å². The summed E-state index contributed by atoms with van der Waals surface area (Å²) in [6, 6.07) is 12.2. The van der Waals surface area contributed by atoms with Crippen molar-refractivity contribution in [2.24, 2.45) is 0 Å². The number of rotatable bonds is 2. The molecule has 0 spiro atoms. The van der Waals surface area contributed by atoms with Crippen LogP contribution >= 0.6 is 0 Å². The van der Waals surface area contributed by atoms with Crippen molar-refractivity contribution >= 4 is 17.6 Å². The van der Waals surface area contributed by atoms with E-state index in [9.17, 15) is 14.0 Å². The lowest BCUT2D eigenvalue weighted by atomic mass is 9.98. The van der Waals surface area contributed by atoms with Crippen LogP contribution in [0.2, 0.25) is 0 Å². The quantitative estimate of drug-likeness (QED) is 0.864. The lowest BCUT2D eigenvalue weighted by Crippen LogP contribution is -2.38. The molecule has 0 aromatic heterocycles. The Morgan fingerprint density at radius 3 is 2.87 bits per heavy atom. The van der Waals surface area contributed by atoms with Crippen LogP contribution in [0.1, 0.15) is 21.5 Å². The monoisotopic (exact) mass is 310 g/mol. The van der Waals surface area contributed by atoms with Gasteiger partial charge in [-0.15, -0.1) is 0 Å². The number of halogens is 1. The fourth-order valence-corrected chi connectivity index (χ4v) is 2.41. The maximum Gasteiger partial charge on any atom is 0.339 e. The number of amides is 1. The molecule has 23 heavy (non-hydrogen) atoms. The minimum atomic E-state index is -1.07. The highest BCUT2D eigenvalue weighted by Crippen LogP contribution is 2.23. The zero-order valence-corrected chi connectivity index (χ0v) is 11.9. The molecule has 1 heterocycles. The number of hydrogen-bond acceptors (Lipinski definition) is 4. The van der Waals surface area contributed by atoms with E-state index < -0.39 is 23.8 Å². The summed E-state index contributed by atoms with van der Waals surface area (Å²) in [7, 11) is 0. The molecule has 1 N–H and O–H groups in total. The zero-order chi connectivity index (χ0) is 16.4. The molecular weight excluding hydrogens is 299 g/mol. The summed E-state index contributed by atoms with van der Waals surface area (Å²) in [6.07, 6.45) is -0.983. The average Bonchev–Trinajstić information content (AvgIpc) is 2.54. The van der Waals surface area contributed by atoms with Crippen molar-refractivity contribution in [3.8, 4) is 6.07 Å². The predicted octanol–water partition coefficient (Wildman–Crippen LogP) is 2.42. The number of cyclic esters (lactones) is 1. The van der Waals surface area contributed by atoms with Crippen LogP contribution in [0.25, 0.3) is 0 Å². The topological polar surface area (TPSA) is 79.2 Å². The summed E-state index contributed by atoms with van der Waals surface area (Å²) in [6.45, 7) is 0. The van der Waals surface area contributed by atoms with Gasteiger partial charge in [0.1, 0.15) is 11.9 Å². The van der Waals surface area contributed by atoms with Gasteiger partial charge in [-0.1, -0.05) is 12.1 Å². The maximum absolute atomic E-state index is 13.3. The third-order valence-corrected chi connectivity index (χ3v) is 3.54. The Labute approximate surface area is 131 Å². The Morgan fingerprint density at radius 1 is 1.30 bits per heavy atom. The molecule has 1 unspecified atom stereocenters. The zero-order valence-electron chi connectivity index (χ0n) is 11.9. The van der Waals surface area contributed by atoms with Gasteiger partial charge in [0.25, 0.3) is 5.91 Å². The first kappa shape index (κ1) is 14.7. The summed E-state index contributed by atoms with van der Waals surface area (Å²) < 4.78 is 18.4. The number of hydrogen-bond donors (Lipinski definition) is 1. The minimum absolute atomic E-state index is 0.0827. The highest BCUT2D eigenvalue weighted by molar-refractivity contribution is 6.00. The molecule has 5 nitrogen and oxygen atoms in total. The van der Waals surface area contributed by atoms with Gasteiger partial charge < -0.3 is 10.1 Å². The lowest BCUT2D eigenvalue weighted by Gasteiger charge is -2.24. The average molecular weight is 310 g/mol. The smallest absolute Gasteiger partial charge is 0.339 e. The molecule has 1 aliphatic heterocycles. The predicted molar refractivity (Wildman–Crippen MR) is 79.1 cm³/mol. The van der Waals surface area contributed by atoms with E-state index in [0.717, 1.165) is 0 Å². The van der Waals surface area contributed by atoms with Crippen LogP contribution in [-0.2, 0) is 16.0 Å². The summed E-state index contributed by atoms with van der Waals surface area (Å²) >= 11 is 0. The maximum atomic E-state index is 13.3. The molecule has 0 saturated heterocycles. The summed E-state index contributed by atoms with van der Waals surface area (Å²) in [5, 5.41) is 11.6. The molecule has 0 fully saturated rings. The van der Waals surface area contributed by atoms with Gasteiger partial charge in [0, 0.05) is 6.42 Å². The van der Waals surface area contributed by atoms with Gasteiger partial charge in [0.15, 0.2) is 6.10 Å². The third kappa shape index (κ3) is 2.90. The number of anilines is 1. The van der Waals surface area contributed by atoms with E-state index in [4.69, 9.17) is 10.00 Å². The highest BCUT2D eigenvalue weighted by Gasteiger charge is 2.31. The van der Waals surface area contributed by atoms with Gasteiger partial charge in [-0.3, -0.25) is 4.79 Å². The van der Waals surface area contributed by atoms with Crippen LogP contribution in [0.5, 0.6) is 0 Å². The lowest BCUT2D eigenvalue weighted by molar-refractivity contribution is -0.125. The van der Waals surface area contributed by atoms with Crippen molar-refractivity contribution in [2.75, 3.05) is 5.32 Å². The third-order valence-electron chi connectivity index (χ3n) is 3.54. The Kier molecular flexibility index (Phi) is 3.77. The van der Waals surface area contributed by atoms with Crippen LogP contribution in [0.15, 0.2) is 42.5 Å². The number of ether oxygens (including phenoxy) is 1. The fourth-order valence-electron chi connectivity index (χ4n) is 2.41. The SMILES string of the molecule is N#Cc1ccccc1NC(=O)C1Cc2cc(F)ccc2C(=O)O1. The second-order valence-electron chi connectivity index (χ2n) is 5.05. The van der Waals surface area contributed by atoms with Crippen molar-refractivity contribution in [1.82, 2.24) is 0 Å². The molecule has 1 aliphatic rings. The second kappa shape index (κ2) is 5.89. The molecule has 6 heteroatoms. The van der Waals surface area contributed by atoms with E-state index in [0.29, 0.717) is 16.8 Å². The molecule has 2 aromatic carbocycles. The molecule has 0 radical (unpaired) electrons. The van der Waals surface area contributed by atoms with E-state index in [-0.39, 0.29) is 12.0 Å². The summed E-state index contributed by atoms with van der Waals surface area (Å²) in [4.78, 5) is 24.2. The van der Waals surface area contributed by atoms with Gasteiger partial charge >= 0.3 is 5.97 Å². The number of carbonyl (C=O) groups is 2. The number of esters is 1. The van der Waals surface area contributed by atoms with E-state index in [1.165, 1.54) is 18.2 Å². The number of carbonyl (C=O) groups excluding carboxylic acids is 2. The largest absolute Gasteiger partial charge is 0.448 e. The van der Waals surface area contributed by atoms with Crippen molar-refractivity contribution in [3.05, 3.63) is 65.0 Å². The molecule has 0 bridgehead atoms. The molecule has 0 saturated carbocycles. The summed E-state index contributed by atoms with van der Waals surface area (Å²) in [5.41, 5.74) is 1.32.